The third-order valence-corrected chi connectivity index (χ3v) is 4.59. The van der Waals surface area contributed by atoms with Crippen LogP contribution in [0.15, 0.2) is 0 Å². The summed E-state index contributed by atoms with van der Waals surface area (Å²) in [7, 11) is 0. The summed E-state index contributed by atoms with van der Waals surface area (Å²) in [4.78, 5) is 59.7. The van der Waals surface area contributed by atoms with E-state index in [1.165, 1.54) is 6.92 Å². The normalized spacial score (nSPS) is 15.6. The van der Waals surface area contributed by atoms with Gasteiger partial charge in [-0.2, -0.15) is 12.6 Å². The lowest BCUT2D eigenvalue weighted by atomic mass is 10.1. The number of thiol groups is 1. The van der Waals surface area contributed by atoms with Gasteiger partial charge < -0.3 is 43.4 Å². The molecule has 0 bridgehead atoms. The van der Waals surface area contributed by atoms with Gasteiger partial charge in [-0.3, -0.25) is 19.2 Å². The number of primary amides is 1. The van der Waals surface area contributed by atoms with Crippen molar-refractivity contribution < 1.29 is 34.2 Å². The first kappa shape index (κ1) is 28.6. The lowest BCUT2D eigenvalue weighted by molar-refractivity contribution is -0.143. The molecule has 0 saturated carbocycles. The average Bonchev–Trinajstić information content (AvgIpc) is 2.68. The quantitative estimate of drug-likeness (QED) is 0.0850. The van der Waals surface area contributed by atoms with Crippen LogP contribution in [0.4, 0.5) is 0 Å². The Bertz CT molecular complexity index is 648. The van der Waals surface area contributed by atoms with Gasteiger partial charge in [-0.25, -0.2) is 4.79 Å². The van der Waals surface area contributed by atoms with E-state index in [-0.39, 0.29) is 12.2 Å². The van der Waals surface area contributed by atoms with Gasteiger partial charge in [0.05, 0.1) is 18.6 Å². The Morgan fingerprint density at radius 2 is 1.55 bits per heavy atom. The summed E-state index contributed by atoms with van der Waals surface area (Å²) in [6.07, 6.45) is -0.925. The summed E-state index contributed by atoms with van der Waals surface area (Å²) < 4.78 is 0. The first-order chi connectivity index (χ1) is 14.4. The van der Waals surface area contributed by atoms with E-state index in [4.69, 9.17) is 17.2 Å². The Hall–Kier alpha value is -2.42. The number of carbonyl (C=O) groups is 5. The largest absolute Gasteiger partial charge is 0.480 e. The maximum atomic E-state index is 12.6. The van der Waals surface area contributed by atoms with Crippen LogP contribution in [0.3, 0.4) is 0 Å². The minimum absolute atomic E-state index is 0.0316. The Kier molecular flexibility index (Phi) is 13.4. The standard InChI is InChI=1S/C17H32N6O7S/c1-8(24)13(16(28)21-10(17(29)30)4-2-3-5-18)23-15(27)11(6-12(20)25)22-14(26)9(19)7-31/h8-11,13,24,31H,2-7,18-19H2,1H3,(H2,20,25)(H,21,28)(H,22,26)(H,23,27)(H,29,30). The third kappa shape index (κ3) is 11.0. The highest BCUT2D eigenvalue weighted by atomic mass is 32.1. The number of unbranched alkanes of at least 4 members (excludes halogenated alkanes) is 1. The van der Waals surface area contributed by atoms with Crippen LogP contribution in [-0.2, 0) is 24.0 Å². The molecule has 0 spiro atoms. The van der Waals surface area contributed by atoms with Gasteiger partial charge in [0.25, 0.3) is 0 Å². The molecule has 0 aromatic carbocycles. The van der Waals surface area contributed by atoms with Gasteiger partial charge in [0, 0.05) is 5.75 Å². The smallest absolute Gasteiger partial charge is 0.326 e. The van der Waals surface area contributed by atoms with Crippen LogP contribution < -0.4 is 33.2 Å². The van der Waals surface area contributed by atoms with E-state index in [1.807, 2.05) is 0 Å². The van der Waals surface area contributed by atoms with Crippen LogP contribution in [0.2, 0.25) is 0 Å². The number of hydrogen-bond donors (Lipinski definition) is 9. The lowest BCUT2D eigenvalue weighted by Gasteiger charge is -2.26. The number of rotatable bonds is 15. The number of carboxylic acid groups (broad SMARTS) is 1. The second kappa shape index (κ2) is 14.6. The van der Waals surface area contributed by atoms with Gasteiger partial charge in [0.1, 0.15) is 18.1 Å². The number of carboxylic acids is 1. The van der Waals surface area contributed by atoms with Crippen LogP contribution in [0.1, 0.15) is 32.6 Å². The molecular formula is C17H32N6O7S. The summed E-state index contributed by atoms with van der Waals surface area (Å²) in [5.74, 6) is -4.96. The van der Waals surface area contributed by atoms with E-state index in [2.05, 4.69) is 28.6 Å². The van der Waals surface area contributed by atoms with Crippen LogP contribution in [0, 0.1) is 0 Å². The minimum atomic E-state index is -1.56. The third-order valence-electron chi connectivity index (χ3n) is 4.20. The SMILES string of the molecule is CC(O)C(NC(=O)C(CC(N)=O)NC(=O)C(N)CS)C(=O)NC(CCCCN)C(=O)O. The fourth-order valence-corrected chi connectivity index (χ4v) is 2.61. The average molecular weight is 465 g/mol. The maximum absolute atomic E-state index is 12.6. The molecule has 5 unspecified atom stereocenters. The van der Waals surface area contributed by atoms with Crippen molar-refractivity contribution >= 4 is 42.2 Å². The van der Waals surface area contributed by atoms with Crippen molar-refractivity contribution in [2.75, 3.05) is 12.3 Å². The first-order valence-corrected chi connectivity index (χ1v) is 10.2. The molecule has 0 heterocycles. The Labute approximate surface area is 185 Å². The molecule has 0 radical (unpaired) electrons. The fourth-order valence-electron chi connectivity index (χ4n) is 2.44. The second-order valence-electron chi connectivity index (χ2n) is 6.93. The van der Waals surface area contributed by atoms with Gasteiger partial charge in [-0.15, -0.1) is 0 Å². The second-order valence-corrected chi connectivity index (χ2v) is 7.30. The van der Waals surface area contributed by atoms with E-state index in [1.54, 1.807) is 0 Å². The van der Waals surface area contributed by atoms with E-state index in [9.17, 15) is 34.2 Å². The molecule has 0 aromatic rings. The molecule has 14 heteroatoms. The number of hydrogen-bond acceptors (Lipinski definition) is 9. The number of amides is 4. The van der Waals surface area contributed by atoms with Crippen molar-refractivity contribution in [1.29, 1.82) is 0 Å². The molecule has 5 atom stereocenters. The minimum Gasteiger partial charge on any atom is -0.480 e. The van der Waals surface area contributed by atoms with E-state index in [0.717, 1.165) is 0 Å². The number of aliphatic carboxylic acids is 1. The Morgan fingerprint density at radius 3 is 2.00 bits per heavy atom. The zero-order chi connectivity index (χ0) is 24.1. The van der Waals surface area contributed by atoms with Gasteiger partial charge in [0.15, 0.2) is 0 Å². The number of aliphatic hydroxyl groups is 1. The molecule has 0 rings (SSSR count). The summed E-state index contributed by atoms with van der Waals surface area (Å²) >= 11 is 3.87. The first-order valence-electron chi connectivity index (χ1n) is 9.61. The summed E-state index contributed by atoms with van der Waals surface area (Å²) in [6.45, 7) is 1.56. The highest BCUT2D eigenvalue weighted by Gasteiger charge is 2.33. The molecule has 0 fully saturated rings. The van der Waals surface area contributed by atoms with Crippen molar-refractivity contribution in [2.45, 2.75) is 62.9 Å². The number of nitrogens with one attached hydrogen (secondary N) is 3. The highest BCUT2D eigenvalue weighted by Crippen LogP contribution is 2.04. The van der Waals surface area contributed by atoms with Gasteiger partial charge in [-0.1, -0.05) is 0 Å². The number of nitrogens with two attached hydrogens (primary N) is 3. The summed E-state index contributed by atoms with van der Waals surface area (Å²) in [5, 5.41) is 25.9. The molecule has 11 N–H and O–H groups in total. The summed E-state index contributed by atoms with van der Waals surface area (Å²) in [6, 6.07) is -5.35. The number of carbonyl (C=O) groups excluding carboxylic acids is 4. The zero-order valence-corrected chi connectivity index (χ0v) is 18.1. The number of aliphatic hydroxyl groups excluding tert-OH is 1. The molecule has 0 saturated heterocycles. The van der Waals surface area contributed by atoms with Crippen molar-refractivity contribution in [3.05, 3.63) is 0 Å². The predicted octanol–water partition coefficient (Wildman–Crippen LogP) is -3.83. The van der Waals surface area contributed by atoms with Crippen molar-refractivity contribution in [2.24, 2.45) is 17.2 Å². The molecule has 31 heavy (non-hydrogen) atoms. The molecule has 0 aliphatic carbocycles. The highest BCUT2D eigenvalue weighted by molar-refractivity contribution is 7.80. The Morgan fingerprint density at radius 1 is 0.968 bits per heavy atom. The predicted molar refractivity (Wildman–Crippen MR) is 114 cm³/mol. The van der Waals surface area contributed by atoms with Gasteiger partial charge >= 0.3 is 5.97 Å². The van der Waals surface area contributed by atoms with Crippen LogP contribution in [-0.4, -0.2) is 82.4 Å². The van der Waals surface area contributed by atoms with Gasteiger partial charge in [0.2, 0.25) is 23.6 Å². The molecule has 178 valence electrons. The van der Waals surface area contributed by atoms with E-state index < -0.39 is 66.3 Å². The fraction of sp³-hybridized carbons (Fsp3) is 0.706. The monoisotopic (exact) mass is 464 g/mol. The van der Waals surface area contributed by atoms with Crippen LogP contribution in [0.5, 0.6) is 0 Å². The molecule has 13 nitrogen and oxygen atoms in total. The summed E-state index contributed by atoms with van der Waals surface area (Å²) in [5.41, 5.74) is 16.0. The van der Waals surface area contributed by atoms with E-state index >= 15 is 0 Å². The van der Waals surface area contributed by atoms with Gasteiger partial charge in [-0.05, 0) is 32.7 Å². The Balaban J connectivity index is 5.33. The van der Waals surface area contributed by atoms with Crippen LogP contribution in [0.25, 0.3) is 0 Å². The topological polar surface area (TPSA) is 240 Å². The zero-order valence-electron chi connectivity index (χ0n) is 17.2. The van der Waals surface area contributed by atoms with Crippen molar-refractivity contribution in [3.63, 3.8) is 0 Å². The molecule has 0 aliphatic rings. The maximum Gasteiger partial charge on any atom is 0.326 e. The van der Waals surface area contributed by atoms with Crippen LogP contribution >= 0.6 is 12.6 Å². The molecule has 0 aromatic heterocycles. The molecule has 0 aliphatic heterocycles. The van der Waals surface area contributed by atoms with Crippen molar-refractivity contribution in [3.8, 4) is 0 Å². The van der Waals surface area contributed by atoms with E-state index in [0.29, 0.717) is 19.4 Å². The molecular weight excluding hydrogens is 432 g/mol. The van der Waals surface area contributed by atoms with Crippen molar-refractivity contribution in [1.82, 2.24) is 16.0 Å². The lowest BCUT2D eigenvalue weighted by Crippen LogP contribution is -2.60. The molecule has 4 amide bonds.